The molecular weight excluding hydrogens is 144 g/mol. The van der Waals surface area contributed by atoms with Crippen LogP contribution >= 0.6 is 11.8 Å². The molecule has 0 fully saturated rings. The Labute approximate surface area is 66.9 Å². The first-order chi connectivity index (χ1) is 4.79. The second kappa shape index (κ2) is 3.19. The molecule has 0 saturated heterocycles. The number of hydrogen-bond acceptors (Lipinski definition) is 3. The summed E-state index contributed by atoms with van der Waals surface area (Å²) in [6.07, 6.45) is 6.39. The Balaban J connectivity index is 2.53. The van der Waals surface area contributed by atoms with Gasteiger partial charge in [0, 0.05) is 26.0 Å². The molecule has 1 atom stereocenters. The van der Waals surface area contributed by atoms with Crippen LogP contribution in [0, 0.1) is 0 Å². The summed E-state index contributed by atoms with van der Waals surface area (Å²) in [5.41, 5.74) is 0.519. The molecule has 1 rings (SSSR count). The molecule has 58 valence electrons. The van der Waals surface area contributed by atoms with Crippen LogP contribution in [0.3, 0.4) is 0 Å². The van der Waals surface area contributed by atoms with Crippen molar-refractivity contribution in [3.8, 4) is 0 Å². The number of rotatable bonds is 2. The van der Waals surface area contributed by atoms with E-state index >= 15 is 0 Å². The molecule has 1 unspecified atom stereocenters. The van der Waals surface area contributed by atoms with Crippen LogP contribution in [0.4, 0.5) is 0 Å². The van der Waals surface area contributed by atoms with Crippen LogP contribution in [0.1, 0.15) is 6.92 Å². The Hall–Kier alpha value is -0.310. The summed E-state index contributed by atoms with van der Waals surface area (Å²) in [5.74, 6) is 0. The minimum absolute atomic E-state index is 0.519. The molecule has 3 heteroatoms. The van der Waals surface area contributed by atoms with Gasteiger partial charge in [0.1, 0.15) is 5.50 Å². The highest BCUT2D eigenvalue weighted by Crippen LogP contribution is 2.21. The summed E-state index contributed by atoms with van der Waals surface area (Å²) in [7, 11) is 2.10. The molecule has 10 heavy (non-hydrogen) atoms. The number of nitrogens with zero attached hydrogens (tertiary/aromatic N) is 2. The van der Waals surface area contributed by atoms with Gasteiger partial charge in [-0.05, 0) is 13.2 Å². The molecule has 0 aromatic rings. The molecule has 0 aromatic carbocycles. The predicted octanol–water partition coefficient (Wildman–Crippen LogP) is 1.37. The third-order valence-electron chi connectivity index (χ3n) is 1.70. The van der Waals surface area contributed by atoms with Gasteiger partial charge in [-0.3, -0.25) is 0 Å². The molecule has 0 bridgehead atoms. The van der Waals surface area contributed by atoms with Gasteiger partial charge < -0.3 is 9.80 Å². The lowest BCUT2D eigenvalue weighted by molar-refractivity contribution is 0.273. The van der Waals surface area contributed by atoms with Crippen molar-refractivity contribution >= 4 is 11.8 Å². The van der Waals surface area contributed by atoms with E-state index in [1.807, 2.05) is 11.8 Å². The van der Waals surface area contributed by atoms with Crippen molar-refractivity contribution in [2.45, 2.75) is 12.4 Å². The number of thioether (sulfide) groups is 1. The lowest BCUT2D eigenvalue weighted by Crippen LogP contribution is -2.32. The summed E-state index contributed by atoms with van der Waals surface area (Å²) in [6.45, 7) is 3.26. The Bertz CT molecular complexity index is 136. The second-order valence-electron chi connectivity index (χ2n) is 2.36. The molecule has 1 aliphatic heterocycles. The Morgan fingerprint density at radius 1 is 1.50 bits per heavy atom. The van der Waals surface area contributed by atoms with E-state index in [1.54, 1.807) is 0 Å². The van der Waals surface area contributed by atoms with E-state index in [2.05, 4.69) is 42.4 Å². The quantitative estimate of drug-likeness (QED) is 0.599. The van der Waals surface area contributed by atoms with Crippen LogP contribution in [0.25, 0.3) is 0 Å². The van der Waals surface area contributed by atoms with Crippen LogP contribution in [0.15, 0.2) is 12.4 Å². The third kappa shape index (κ3) is 1.24. The fraction of sp³-hybridized carbons (Fsp3) is 0.714. The summed E-state index contributed by atoms with van der Waals surface area (Å²) >= 11 is 1.86. The van der Waals surface area contributed by atoms with Gasteiger partial charge in [-0.2, -0.15) is 0 Å². The largest absolute Gasteiger partial charge is 0.351 e. The van der Waals surface area contributed by atoms with Crippen LogP contribution in [-0.2, 0) is 0 Å². The van der Waals surface area contributed by atoms with Gasteiger partial charge in [-0.25, -0.2) is 0 Å². The molecule has 0 radical (unpaired) electrons. The Morgan fingerprint density at radius 3 is 2.60 bits per heavy atom. The van der Waals surface area contributed by atoms with E-state index in [0.29, 0.717) is 5.50 Å². The zero-order valence-corrected chi connectivity index (χ0v) is 7.56. The van der Waals surface area contributed by atoms with E-state index in [9.17, 15) is 0 Å². The van der Waals surface area contributed by atoms with Crippen LogP contribution in [-0.4, -0.2) is 35.1 Å². The van der Waals surface area contributed by atoms with Crippen molar-refractivity contribution < 1.29 is 0 Å². The van der Waals surface area contributed by atoms with Gasteiger partial charge in [-0.1, -0.05) is 0 Å². The first-order valence-corrected chi connectivity index (χ1v) is 4.77. The van der Waals surface area contributed by atoms with Gasteiger partial charge in [0.05, 0.1) is 0 Å². The average Bonchev–Trinajstić information content (AvgIpc) is 2.30. The minimum Gasteiger partial charge on any atom is -0.351 e. The van der Waals surface area contributed by atoms with E-state index in [1.165, 1.54) is 0 Å². The minimum atomic E-state index is 0.519. The maximum Gasteiger partial charge on any atom is 0.149 e. The average molecular weight is 158 g/mol. The summed E-state index contributed by atoms with van der Waals surface area (Å²) in [6, 6.07) is 0. The van der Waals surface area contributed by atoms with Gasteiger partial charge in [0.15, 0.2) is 0 Å². The lowest BCUT2D eigenvalue weighted by atomic mass is 10.6. The molecule has 0 aromatic heterocycles. The monoisotopic (exact) mass is 158 g/mol. The zero-order valence-electron chi connectivity index (χ0n) is 6.74. The highest BCUT2D eigenvalue weighted by molar-refractivity contribution is 7.99. The zero-order chi connectivity index (χ0) is 7.56. The summed E-state index contributed by atoms with van der Waals surface area (Å²) < 4.78 is 0. The molecule has 0 amide bonds. The van der Waals surface area contributed by atoms with E-state index < -0.39 is 0 Å². The second-order valence-corrected chi connectivity index (χ2v) is 3.25. The topological polar surface area (TPSA) is 6.48 Å². The third-order valence-corrected chi connectivity index (χ3v) is 2.73. The van der Waals surface area contributed by atoms with Crippen molar-refractivity contribution in [3.05, 3.63) is 12.4 Å². The molecule has 1 aliphatic rings. The summed E-state index contributed by atoms with van der Waals surface area (Å²) in [4.78, 5) is 4.53. The smallest absolute Gasteiger partial charge is 0.149 e. The molecule has 0 saturated carbocycles. The van der Waals surface area contributed by atoms with E-state index in [4.69, 9.17) is 0 Å². The fourth-order valence-corrected chi connectivity index (χ4v) is 2.03. The van der Waals surface area contributed by atoms with Crippen molar-refractivity contribution in [3.63, 3.8) is 0 Å². The van der Waals surface area contributed by atoms with Crippen LogP contribution in [0.5, 0.6) is 0 Å². The molecule has 0 N–H and O–H groups in total. The van der Waals surface area contributed by atoms with E-state index in [-0.39, 0.29) is 0 Å². The normalized spacial score (nSPS) is 24.5. The van der Waals surface area contributed by atoms with Crippen LogP contribution < -0.4 is 0 Å². The van der Waals surface area contributed by atoms with Crippen molar-refractivity contribution in [2.24, 2.45) is 0 Å². The fourth-order valence-electron chi connectivity index (χ4n) is 1.14. The molecule has 0 spiro atoms. The lowest BCUT2D eigenvalue weighted by Gasteiger charge is -2.27. The van der Waals surface area contributed by atoms with Gasteiger partial charge >= 0.3 is 0 Å². The van der Waals surface area contributed by atoms with Gasteiger partial charge in [0.25, 0.3) is 0 Å². The van der Waals surface area contributed by atoms with Crippen LogP contribution in [0.2, 0.25) is 0 Å². The van der Waals surface area contributed by atoms with Crippen molar-refractivity contribution in [1.29, 1.82) is 0 Å². The Kier molecular flexibility index (Phi) is 2.49. The molecular formula is C7H14N2S. The van der Waals surface area contributed by atoms with Gasteiger partial charge in [-0.15, -0.1) is 11.8 Å². The number of hydrogen-bond donors (Lipinski definition) is 0. The van der Waals surface area contributed by atoms with Crippen molar-refractivity contribution in [1.82, 2.24) is 9.80 Å². The van der Waals surface area contributed by atoms with Gasteiger partial charge in [0.2, 0.25) is 0 Å². The molecule has 0 aliphatic carbocycles. The highest BCUT2D eigenvalue weighted by Gasteiger charge is 2.19. The maximum absolute atomic E-state index is 2.31. The highest BCUT2D eigenvalue weighted by atomic mass is 32.2. The first-order valence-electron chi connectivity index (χ1n) is 3.48. The molecule has 2 nitrogen and oxygen atoms in total. The SMILES string of the molecule is CCN1C=CN(C)C1SC. The Morgan fingerprint density at radius 2 is 2.20 bits per heavy atom. The first kappa shape index (κ1) is 7.79. The van der Waals surface area contributed by atoms with E-state index in [0.717, 1.165) is 6.54 Å². The van der Waals surface area contributed by atoms with Crippen molar-refractivity contribution in [2.75, 3.05) is 19.8 Å². The predicted molar refractivity (Wildman–Crippen MR) is 46.6 cm³/mol. The molecule has 1 heterocycles. The standard InChI is InChI=1S/C7H14N2S/c1-4-9-6-5-8(2)7(9)10-3/h5-7H,4H2,1-3H3. The maximum atomic E-state index is 2.31. The summed E-state index contributed by atoms with van der Waals surface area (Å²) in [5, 5.41) is 0.